The van der Waals surface area contributed by atoms with Crippen molar-refractivity contribution in [3.05, 3.63) is 58.0 Å². The smallest absolute Gasteiger partial charge is 0.272 e. The molecule has 0 atom stereocenters. The number of hydrogen-bond acceptors (Lipinski definition) is 3. The van der Waals surface area contributed by atoms with E-state index in [1.807, 2.05) is 25.1 Å². The Labute approximate surface area is 119 Å². The minimum Gasteiger partial charge on any atom is -0.460 e. The van der Waals surface area contributed by atoms with Crippen molar-refractivity contribution in [3.8, 4) is 0 Å². The molecule has 1 amide bonds. The lowest BCUT2D eigenvalue weighted by Gasteiger charge is -2.01. The predicted octanol–water partition coefficient (Wildman–Crippen LogP) is 3.37. The summed E-state index contributed by atoms with van der Waals surface area (Å²) < 4.78 is 6.16. The number of hydrogen-bond donors (Lipinski definition) is 1. The number of benzene rings is 1. The number of carbonyl (C=O) groups excluding carboxylic acids is 1. The lowest BCUT2D eigenvalue weighted by atomic mass is 10.2. The first kappa shape index (κ1) is 13.5. The summed E-state index contributed by atoms with van der Waals surface area (Å²) in [6.45, 7) is 2.01. The van der Waals surface area contributed by atoms with E-state index in [2.05, 4.69) is 26.5 Å². The standard InChI is InChI=1S/C14H13BrN2O2/c1-2-10-7-8-11(19-10)9-16-17-14(18)12-5-3-4-6-13(12)15/h3-9H,2H2,1H3,(H,17,18)/b16-9-. The number of carbonyl (C=O) groups is 1. The van der Waals surface area contributed by atoms with Crippen molar-refractivity contribution in [3.63, 3.8) is 0 Å². The first-order valence-electron chi connectivity index (χ1n) is 5.87. The summed E-state index contributed by atoms with van der Waals surface area (Å²) in [6.07, 6.45) is 2.31. The highest BCUT2D eigenvalue weighted by Gasteiger charge is 2.07. The summed E-state index contributed by atoms with van der Waals surface area (Å²) in [5, 5.41) is 3.87. The van der Waals surface area contributed by atoms with Gasteiger partial charge >= 0.3 is 0 Å². The van der Waals surface area contributed by atoms with Gasteiger partial charge < -0.3 is 4.42 Å². The van der Waals surface area contributed by atoms with Crippen molar-refractivity contribution in [2.24, 2.45) is 5.10 Å². The van der Waals surface area contributed by atoms with Gasteiger partial charge in [-0.3, -0.25) is 4.79 Å². The number of nitrogens with zero attached hydrogens (tertiary/aromatic N) is 1. The third-order valence-corrected chi connectivity index (χ3v) is 3.20. The van der Waals surface area contributed by atoms with Crippen LogP contribution in [0.15, 0.2) is 50.4 Å². The van der Waals surface area contributed by atoms with Gasteiger partial charge in [0.25, 0.3) is 5.91 Å². The van der Waals surface area contributed by atoms with Crippen LogP contribution in [0.2, 0.25) is 0 Å². The number of rotatable bonds is 4. The second-order valence-corrected chi connectivity index (χ2v) is 4.69. The number of aryl methyl sites for hydroxylation is 1. The van der Waals surface area contributed by atoms with Crippen LogP contribution in [0.3, 0.4) is 0 Å². The fourth-order valence-electron chi connectivity index (χ4n) is 1.51. The Morgan fingerprint density at radius 3 is 2.84 bits per heavy atom. The molecule has 2 aromatic rings. The molecule has 0 bridgehead atoms. The summed E-state index contributed by atoms with van der Waals surface area (Å²) in [7, 11) is 0. The molecule has 0 saturated carbocycles. The largest absolute Gasteiger partial charge is 0.460 e. The zero-order valence-electron chi connectivity index (χ0n) is 10.4. The van der Waals surface area contributed by atoms with Crippen LogP contribution in [0.4, 0.5) is 0 Å². The Kier molecular flexibility index (Phi) is 4.52. The van der Waals surface area contributed by atoms with Crippen molar-refractivity contribution in [2.45, 2.75) is 13.3 Å². The number of nitrogens with one attached hydrogen (secondary N) is 1. The predicted molar refractivity (Wildman–Crippen MR) is 77.3 cm³/mol. The third-order valence-electron chi connectivity index (χ3n) is 2.51. The van der Waals surface area contributed by atoms with E-state index in [1.54, 1.807) is 18.2 Å². The molecule has 0 unspecified atom stereocenters. The van der Waals surface area contributed by atoms with Gasteiger partial charge in [0.2, 0.25) is 0 Å². The maximum Gasteiger partial charge on any atom is 0.272 e. The van der Waals surface area contributed by atoms with Gasteiger partial charge in [0.05, 0.1) is 11.8 Å². The molecule has 98 valence electrons. The van der Waals surface area contributed by atoms with Crippen LogP contribution in [-0.2, 0) is 6.42 Å². The highest BCUT2D eigenvalue weighted by Crippen LogP contribution is 2.15. The molecule has 0 saturated heterocycles. The Balaban J connectivity index is 1.99. The van der Waals surface area contributed by atoms with Gasteiger partial charge in [0, 0.05) is 10.9 Å². The van der Waals surface area contributed by atoms with Crippen LogP contribution >= 0.6 is 15.9 Å². The molecule has 1 heterocycles. The van der Waals surface area contributed by atoms with Crippen LogP contribution in [0.1, 0.15) is 28.8 Å². The molecular formula is C14H13BrN2O2. The summed E-state index contributed by atoms with van der Waals surface area (Å²) in [4.78, 5) is 11.8. The average molecular weight is 321 g/mol. The molecule has 0 aliphatic rings. The minimum absolute atomic E-state index is 0.272. The highest BCUT2D eigenvalue weighted by atomic mass is 79.9. The summed E-state index contributed by atoms with van der Waals surface area (Å²) >= 11 is 3.32. The number of hydrazone groups is 1. The average Bonchev–Trinajstić information content (AvgIpc) is 2.87. The Bertz CT molecular complexity index is 605. The van der Waals surface area contributed by atoms with Crippen molar-refractivity contribution in [1.82, 2.24) is 5.43 Å². The van der Waals surface area contributed by atoms with Crippen LogP contribution in [-0.4, -0.2) is 12.1 Å². The maximum atomic E-state index is 11.8. The van der Waals surface area contributed by atoms with E-state index in [-0.39, 0.29) is 5.91 Å². The third kappa shape index (κ3) is 3.54. The number of furan rings is 1. The van der Waals surface area contributed by atoms with Crippen molar-refractivity contribution in [2.75, 3.05) is 0 Å². The molecule has 1 N–H and O–H groups in total. The van der Waals surface area contributed by atoms with Crippen LogP contribution in [0.5, 0.6) is 0 Å². The first-order valence-corrected chi connectivity index (χ1v) is 6.66. The summed E-state index contributed by atoms with van der Waals surface area (Å²) in [5.74, 6) is 1.23. The van der Waals surface area contributed by atoms with Crippen LogP contribution in [0.25, 0.3) is 0 Å². The van der Waals surface area contributed by atoms with E-state index < -0.39 is 0 Å². The molecule has 1 aromatic heterocycles. The molecule has 0 radical (unpaired) electrons. The Morgan fingerprint density at radius 1 is 1.37 bits per heavy atom. The highest BCUT2D eigenvalue weighted by molar-refractivity contribution is 9.10. The molecule has 0 aliphatic heterocycles. The fourth-order valence-corrected chi connectivity index (χ4v) is 1.98. The summed E-state index contributed by atoms with van der Waals surface area (Å²) in [5.41, 5.74) is 2.99. The van der Waals surface area contributed by atoms with Crippen LogP contribution in [0, 0.1) is 0 Å². The molecular weight excluding hydrogens is 308 g/mol. The number of amides is 1. The second-order valence-electron chi connectivity index (χ2n) is 3.84. The van der Waals surface area contributed by atoms with Crippen molar-refractivity contribution in [1.29, 1.82) is 0 Å². The molecule has 0 spiro atoms. The molecule has 5 heteroatoms. The quantitative estimate of drug-likeness (QED) is 0.693. The van der Waals surface area contributed by atoms with E-state index >= 15 is 0 Å². The Morgan fingerprint density at radius 2 is 2.16 bits per heavy atom. The lowest BCUT2D eigenvalue weighted by molar-refractivity contribution is 0.0954. The molecule has 0 fully saturated rings. The molecule has 2 rings (SSSR count). The molecule has 0 aliphatic carbocycles. The molecule has 19 heavy (non-hydrogen) atoms. The lowest BCUT2D eigenvalue weighted by Crippen LogP contribution is -2.17. The van der Waals surface area contributed by atoms with E-state index in [0.717, 1.165) is 16.7 Å². The first-order chi connectivity index (χ1) is 9.20. The van der Waals surface area contributed by atoms with Gasteiger partial charge in [0.1, 0.15) is 11.5 Å². The second kappa shape index (κ2) is 6.33. The SMILES string of the molecule is CCc1ccc(/C=N\NC(=O)c2ccccc2Br)o1. The van der Waals surface area contributed by atoms with Gasteiger partial charge in [0.15, 0.2) is 0 Å². The van der Waals surface area contributed by atoms with Gasteiger partial charge in [-0.1, -0.05) is 19.1 Å². The monoisotopic (exact) mass is 320 g/mol. The van der Waals surface area contributed by atoms with Gasteiger partial charge in [-0.25, -0.2) is 5.43 Å². The topological polar surface area (TPSA) is 54.6 Å². The van der Waals surface area contributed by atoms with Crippen molar-refractivity contribution >= 4 is 28.1 Å². The summed E-state index contributed by atoms with van der Waals surface area (Å²) in [6, 6.07) is 10.9. The maximum absolute atomic E-state index is 11.8. The Hall–Kier alpha value is -1.88. The van der Waals surface area contributed by atoms with E-state index in [9.17, 15) is 4.79 Å². The van der Waals surface area contributed by atoms with E-state index in [1.165, 1.54) is 6.21 Å². The van der Waals surface area contributed by atoms with Gasteiger partial charge in [-0.2, -0.15) is 5.10 Å². The van der Waals surface area contributed by atoms with E-state index in [4.69, 9.17) is 4.42 Å². The number of halogens is 1. The minimum atomic E-state index is -0.272. The molecule has 4 nitrogen and oxygen atoms in total. The zero-order valence-corrected chi connectivity index (χ0v) is 12.0. The van der Waals surface area contributed by atoms with Gasteiger partial charge in [-0.15, -0.1) is 0 Å². The zero-order chi connectivity index (χ0) is 13.7. The normalized spacial score (nSPS) is 10.8. The fraction of sp³-hybridized carbons (Fsp3) is 0.143. The van der Waals surface area contributed by atoms with Crippen LogP contribution < -0.4 is 5.43 Å². The molecule has 1 aromatic carbocycles. The van der Waals surface area contributed by atoms with Crippen molar-refractivity contribution < 1.29 is 9.21 Å². The van der Waals surface area contributed by atoms with E-state index in [0.29, 0.717) is 11.3 Å². The van der Waals surface area contributed by atoms with Gasteiger partial charge in [-0.05, 0) is 40.2 Å².